The van der Waals surface area contributed by atoms with E-state index in [4.69, 9.17) is 0 Å². The highest BCUT2D eigenvalue weighted by molar-refractivity contribution is 6.00. The molecule has 0 aromatic carbocycles. The van der Waals surface area contributed by atoms with Crippen molar-refractivity contribution in [1.29, 1.82) is 0 Å². The van der Waals surface area contributed by atoms with Crippen molar-refractivity contribution in [3.63, 3.8) is 0 Å². The van der Waals surface area contributed by atoms with Crippen molar-refractivity contribution in [3.05, 3.63) is 12.7 Å². The van der Waals surface area contributed by atoms with Gasteiger partial charge >= 0.3 is 0 Å². The molecule has 0 aromatic heterocycles. The van der Waals surface area contributed by atoms with E-state index < -0.39 is 5.54 Å². The summed E-state index contributed by atoms with van der Waals surface area (Å²) in [4.78, 5) is 27.6. The number of amides is 2. The van der Waals surface area contributed by atoms with E-state index >= 15 is 0 Å². The number of carbonyl (C=O) groups is 2. The van der Waals surface area contributed by atoms with Crippen molar-refractivity contribution in [2.24, 2.45) is 5.92 Å². The van der Waals surface area contributed by atoms with E-state index in [0.29, 0.717) is 0 Å². The van der Waals surface area contributed by atoms with Crippen molar-refractivity contribution >= 4 is 11.8 Å². The number of hydrogen-bond acceptors (Lipinski definition) is 2. The van der Waals surface area contributed by atoms with Crippen molar-refractivity contribution in [1.82, 2.24) is 10.2 Å². The van der Waals surface area contributed by atoms with Gasteiger partial charge in [0.05, 0.1) is 0 Å². The van der Waals surface area contributed by atoms with Crippen LogP contribution in [0.5, 0.6) is 0 Å². The molecular weight excluding hydrogens is 264 g/mol. The first kappa shape index (κ1) is 16.1. The second kappa shape index (κ2) is 6.20. The van der Waals surface area contributed by atoms with E-state index in [1.165, 1.54) is 0 Å². The van der Waals surface area contributed by atoms with Gasteiger partial charge in [0.25, 0.3) is 0 Å². The molecule has 118 valence electrons. The van der Waals surface area contributed by atoms with Crippen LogP contribution in [0.25, 0.3) is 0 Å². The number of piperazine rings is 1. The van der Waals surface area contributed by atoms with Gasteiger partial charge in [-0.05, 0) is 32.1 Å². The van der Waals surface area contributed by atoms with Crippen LogP contribution in [0.2, 0.25) is 0 Å². The van der Waals surface area contributed by atoms with Gasteiger partial charge in [-0.3, -0.25) is 9.59 Å². The fourth-order valence-corrected chi connectivity index (χ4v) is 3.81. The topological polar surface area (TPSA) is 49.4 Å². The number of hydrogen-bond donors (Lipinski definition) is 1. The van der Waals surface area contributed by atoms with Gasteiger partial charge in [-0.1, -0.05) is 39.2 Å². The molecule has 1 spiro atoms. The third-order valence-corrected chi connectivity index (χ3v) is 4.90. The Kier molecular flexibility index (Phi) is 4.74. The normalized spacial score (nSPS) is 26.9. The molecule has 1 heterocycles. The third-order valence-electron chi connectivity index (χ3n) is 4.90. The highest BCUT2D eigenvalue weighted by Gasteiger charge is 2.52. The summed E-state index contributed by atoms with van der Waals surface area (Å²) in [5, 5.41) is 3.08. The number of nitrogens with zero attached hydrogens (tertiary/aromatic N) is 1. The molecule has 1 N–H and O–H groups in total. The lowest BCUT2D eigenvalue weighted by Gasteiger charge is -2.50. The zero-order valence-corrected chi connectivity index (χ0v) is 13.5. The van der Waals surface area contributed by atoms with Gasteiger partial charge in [-0.2, -0.15) is 0 Å². The smallest absolute Gasteiger partial charge is 0.249 e. The molecule has 4 nitrogen and oxygen atoms in total. The molecule has 0 radical (unpaired) electrons. The summed E-state index contributed by atoms with van der Waals surface area (Å²) in [7, 11) is 0. The summed E-state index contributed by atoms with van der Waals surface area (Å²) >= 11 is 0. The van der Waals surface area contributed by atoms with Crippen LogP contribution >= 0.6 is 0 Å². The fraction of sp³-hybridized carbons (Fsp3) is 0.765. The average molecular weight is 292 g/mol. The van der Waals surface area contributed by atoms with Gasteiger partial charge in [0.15, 0.2) is 0 Å². The first-order valence-electron chi connectivity index (χ1n) is 8.18. The fourth-order valence-electron chi connectivity index (χ4n) is 3.81. The molecule has 0 aromatic rings. The predicted octanol–water partition coefficient (Wildman–Crippen LogP) is 2.64. The number of carbonyl (C=O) groups excluding carboxylic acids is 2. The van der Waals surface area contributed by atoms with E-state index in [2.05, 4.69) is 11.9 Å². The van der Waals surface area contributed by atoms with Crippen LogP contribution in [0, 0.1) is 5.92 Å². The molecule has 1 aliphatic heterocycles. The van der Waals surface area contributed by atoms with Gasteiger partial charge in [-0.25, -0.2) is 0 Å². The molecule has 2 atom stereocenters. The van der Waals surface area contributed by atoms with Gasteiger partial charge in [-0.15, -0.1) is 6.58 Å². The van der Waals surface area contributed by atoms with Crippen molar-refractivity contribution < 1.29 is 9.59 Å². The maximum atomic E-state index is 13.2. The van der Waals surface area contributed by atoms with Crippen LogP contribution in [-0.4, -0.2) is 34.3 Å². The van der Waals surface area contributed by atoms with Crippen LogP contribution in [-0.2, 0) is 9.59 Å². The molecule has 21 heavy (non-hydrogen) atoms. The molecule has 4 heteroatoms. The monoisotopic (exact) mass is 292 g/mol. The van der Waals surface area contributed by atoms with Gasteiger partial charge in [0, 0.05) is 6.04 Å². The molecule has 2 unspecified atom stereocenters. The summed E-state index contributed by atoms with van der Waals surface area (Å²) in [6.07, 6.45) is 7.29. The van der Waals surface area contributed by atoms with E-state index in [0.717, 1.165) is 38.5 Å². The van der Waals surface area contributed by atoms with E-state index in [1.807, 2.05) is 31.7 Å². The standard InChI is InChI=1S/C17H28N2O2/c1-5-9-13(4)19-14(12(2)3)15(20)18-17(16(19)21)10-7-6-8-11-17/h5,12-14H,1,6-11H2,2-4H3,(H,18,20). The van der Waals surface area contributed by atoms with Gasteiger partial charge in [0.2, 0.25) is 11.8 Å². The summed E-state index contributed by atoms with van der Waals surface area (Å²) in [6, 6.07) is -0.341. The minimum Gasteiger partial charge on any atom is -0.340 e. The maximum Gasteiger partial charge on any atom is 0.249 e. The molecule has 2 aliphatic rings. The van der Waals surface area contributed by atoms with Crippen LogP contribution in [0.15, 0.2) is 12.7 Å². The second-order valence-corrected chi connectivity index (χ2v) is 6.91. The van der Waals surface area contributed by atoms with E-state index in [1.54, 1.807) is 0 Å². The van der Waals surface area contributed by atoms with Gasteiger partial charge < -0.3 is 10.2 Å². The van der Waals surface area contributed by atoms with Crippen molar-refractivity contribution in [3.8, 4) is 0 Å². The maximum absolute atomic E-state index is 13.2. The third kappa shape index (κ3) is 2.85. The molecule has 0 bridgehead atoms. The summed E-state index contributed by atoms with van der Waals surface area (Å²) in [5.74, 6) is 0.249. The van der Waals surface area contributed by atoms with Crippen molar-refractivity contribution in [2.75, 3.05) is 0 Å². The van der Waals surface area contributed by atoms with Gasteiger partial charge in [0.1, 0.15) is 11.6 Å². The minimum atomic E-state index is -0.643. The number of nitrogens with one attached hydrogen (secondary N) is 1. The molecule has 1 aliphatic carbocycles. The van der Waals surface area contributed by atoms with Crippen LogP contribution < -0.4 is 5.32 Å². The Labute approximate surface area is 128 Å². The predicted molar refractivity (Wildman–Crippen MR) is 83.7 cm³/mol. The Morgan fingerprint density at radius 2 is 1.90 bits per heavy atom. The molecule has 2 fully saturated rings. The molecular formula is C17H28N2O2. The summed E-state index contributed by atoms with van der Waals surface area (Å²) < 4.78 is 0. The van der Waals surface area contributed by atoms with Crippen LogP contribution in [0.4, 0.5) is 0 Å². The van der Waals surface area contributed by atoms with Crippen molar-refractivity contribution in [2.45, 2.75) is 76.9 Å². The zero-order chi connectivity index (χ0) is 15.6. The Hall–Kier alpha value is -1.32. The lowest BCUT2D eigenvalue weighted by atomic mass is 9.77. The lowest BCUT2D eigenvalue weighted by molar-refractivity contribution is -0.161. The quantitative estimate of drug-likeness (QED) is 0.810. The first-order chi connectivity index (χ1) is 9.93. The Morgan fingerprint density at radius 3 is 2.43 bits per heavy atom. The molecule has 2 amide bonds. The van der Waals surface area contributed by atoms with E-state index in [-0.39, 0.29) is 29.8 Å². The Balaban J connectivity index is 2.35. The zero-order valence-electron chi connectivity index (χ0n) is 13.5. The Morgan fingerprint density at radius 1 is 1.29 bits per heavy atom. The molecule has 1 saturated carbocycles. The molecule has 1 saturated heterocycles. The van der Waals surface area contributed by atoms with Crippen LogP contribution in [0.1, 0.15) is 59.3 Å². The minimum absolute atomic E-state index is 0.0161. The SMILES string of the molecule is C=CCC(C)N1C(=O)C2(CCCCC2)NC(=O)C1C(C)C. The average Bonchev–Trinajstić information content (AvgIpc) is 2.43. The van der Waals surface area contributed by atoms with Crippen LogP contribution in [0.3, 0.4) is 0 Å². The number of rotatable bonds is 4. The summed E-state index contributed by atoms with van der Waals surface area (Å²) in [6.45, 7) is 9.80. The summed E-state index contributed by atoms with van der Waals surface area (Å²) in [5.41, 5.74) is -0.643. The van der Waals surface area contributed by atoms with E-state index in [9.17, 15) is 9.59 Å². The highest BCUT2D eigenvalue weighted by atomic mass is 16.2. The largest absolute Gasteiger partial charge is 0.340 e. The highest BCUT2D eigenvalue weighted by Crippen LogP contribution is 2.35. The molecule has 2 rings (SSSR count). The first-order valence-corrected chi connectivity index (χ1v) is 8.18. The Bertz CT molecular complexity index is 425. The lowest BCUT2D eigenvalue weighted by Crippen LogP contribution is -2.73. The second-order valence-electron chi connectivity index (χ2n) is 6.91.